The molecular formula is C30H33N3O2. The normalized spacial score (nSPS) is 15.8. The predicted molar refractivity (Wildman–Crippen MR) is 140 cm³/mol. The van der Waals surface area contributed by atoms with Crippen LogP contribution in [0.3, 0.4) is 0 Å². The van der Waals surface area contributed by atoms with Crippen LogP contribution >= 0.6 is 0 Å². The van der Waals surface area contributed by atoms with Crippen molar-refractivity contribution in [2.75, 3.05) is 13.2 Å². The van der Waals surface area contributed by atoms with Crippen molar-refractivity contribution in [2.24, 2.45) is 0 Å². The van der Waals surface area contributed by atoms with Gasteiger partial charge in [0.2, 0.25) is 5.91 Å². The average Bonchev–Trinajstić information content (AvgIpc) is 3.42. The van der Waals surface area contributed by atoms with Crippen molar-refractivity contribution < 1.29 is 9.53 Å². The largest absolute Gasteiger partial charge is 0.493 e. The Hall–Kier alpha value is -3.60. The molecule has 0 saturated carbocycles. The SMILES string of the molecule is Cc1ccc(C)c(OCCCCn2c(C3CC(=O)N(Cc4ccccc4)C3)nc3ccccc32)c1. The first-order chi connectivity index (χ1) is 17.1. The number of imidazole rings is 1. The molecule has 0 aliphatic carbocycles. The molecule has 0 spiro atoms. The third kappa shape index (κ3) is 5.24. The molecule has 2 heterocycles. The smallest absolute Gasteiger partial charge is 0.223 e. The highest BCUT2D eigenvalue weighted by molar-refractivity contribution is 5.81. The summed E-state index contributed by atoms with van der Waals surface area (Å²) in [5.41, 5.74) is 5.70. The number of ether oxygens (including phenoxy) is 1. The van der Waals surface area contributed by atoms with E-state index in [-0.39, 0.29) is 11.8 Å². The van der Waals surface area contributed by atoms with Gasteiger partial charge in [0.25, 0.3) is 0 Å². The summed E-state index contributed by atoms with van der Waals surface area (Å²) in [4.78, 5) is 19.8. The van der Waals surface area contributed by atoms with E-state index in [9.17, 15) is 4.79 Å². The number of amides is 1. The van der Waals surface area contributed by atoms with Gasteiger partial charge in [-0.1, -0.05) is 54.6 Å². The Kier molecular flexibility index (Phi) is 6.84. The first kappa shape index (κ1) is 23.2. The topological polar surface area (TPSA) is 47.4 Å². The number of likely N-dealkylation sites (tertiary alicyclic amines) is 1. The second-order valence-electron chi connectivity index (χ2n) is 9.60. The average molecular weight is 468 g/mol. The maximum absolute atomic E-state index is 12.8. The summed E-state index contributed by atoms with van der Waals surface area (Å²) in [6.07, 6.45) is 2.47. The lowest BCUT2D eigenvalue weighted by Gasteiger charge is -2.17. The van der Waals surface area contributed by atoms with Gasteiger partial charge in [-0.05, 0) is 61.6 Å². The van der Waals surface area contributed by atoms with E-state index in [0.717, 1.165) is 42.0 Å². The highest BCUT2D eigenvalue weighted by Gasteiger charge is 2.33. The zero-order valence-corrected chi connectivity index (χ0v) is 20.6. The van der Waals surface area contributed by atoms with Gasteiger partial charge in [0, 0.05) is 32.0 Å². The molecule has 5 heteroatoms. The van der Waals surface area contributed by atoms with Crippen molar-refractivity contribution in [2.45, 2.75) is 52.1 Å². The maximum Gasteiger partial charge on any atom is 0.223 e. The summed E-state index contributed by atoms with van der Waals surface area (Å²) in [5.74, 6) is 2.33. The quantitative estimate of drug-likeness (QED) is 0.283. The van der Waals surface area contributed by atoms with Gasteiger partial charge in [0.1, 0.15) is 11.6 Å². The molecule has 1 amide bonds. The minimum atomic E-state index is 0.116. The number of aryl methyl sites for hydroxylation is 3. The number of benzene rings is 3. The molecule has 1 aromatic heterocycles. The van der Waals surface area contributed by atoms with Crippen LogP contribution in [0.5, 0.6) is 5.75 Å². The Labute approximate surface area is 207 Å². The van der Waals surface area contributed by atoms with Gasteiger partial charge in [-0.25, -0.2) is 4.98 Å². The van der Waals surface area contributed by atoms with E-state index >= 15 is 0 Å². The first-order valence-corrected chi connectivity index (χ1v) is 12.6. The molecule has 3 aromatic carbocycles. The lowest BCUT2D eigenvalue weighted by Crippen LogP contribution is -2.24. The Balaban J connectivity index is 1.26. The van der Waals surface area contributed by atoms with Crippen LogP contribution in [-0.2, 0) is 17.9 Å². The highest BCUT2D eigenvalue weighted by atomic mass is 16.5. The Morgan fingerprint density at radius 3 is 2.63 bits per heavy atom. The number of aromatic nitrogens is 2. The van der Waals surface area contributed by atoms with Gasteiger partial charge in [0.15, 0.2) is 0 Å². The molecule has 1 aliphatic rings. The number of hydrogen-bond donors (Lipinski definition) is 0. The number of hydrogen-bond acceptors (Lipinski definition) is 3. The minimum absolute atomic E-state index is 0.116. The Morgan fingerprint density at radius 2 is 1.77 bits per heavy atom. The molecule has 180 valence electrons. The minimum Gasteiger partial charge on any atom is -0.493 e. The van der Waals surface area contributed by atoms with Crippen LogP contribution in [0.2, 0.25) is 0 Å². The number of unbranched alkanes of at least 4 members (excludes halogenated alkanes) is 1. The lowest BCUT2D eigenvalue weighted by atomic mass is 10.1. The number of carbonyl (C=O) groups excluding carboxylic acids is 1. The predicted octanol–water partition coefficient (Wildman–Crippen LogP) is 6.03. The molecule has 5 nitrogen and oxygen atoms in total. The molecule has 1 fully saturated rings. The fraction of sp³-hybridized carbons (Fsp3) is 0.333. The third-order valence-electron chi connectivity index (χ3n) is 6.86. The van der Waals surface area contributed by atoms with Gasteiger partial charge in [-0.3, -0.25) is 4.79 Å². The van der Waals surface area contributed by atoms with E-state index in [1.807, 2.05) is 29.2 Å². The summed E-state index contributed by atoms with van der Waals surface area (Å²) >= 11 is 0. The molecule has 35 heavy (non-hydrogen) atoms. The number of nitrogens with zero attached hydrogens (tertiary/aromatic N) is 3. The molecule has 0 radical (unpaired) electrons. The molecule has 1 atom stereocenters. The van der Waals surface area contributed by atoms with Crippen LogP contribution in [-0.4, -0.2) is 33.5 Å². The van der Waals surface area contributed by atoms with Gasteiger partial charge in [0.05, 0.1) is 17.6 Å². The zero-order valence-electron chi connectivity index (χ0n) is 20.6. The molecule has 1 unspecified atom stereocenters. The fourth-order valence-corrected chi connectivity index (χ4v) is 4.96. The van der Waals surface area contributed by atoms with E-state index < -0.39 is 0 Å². The summed E-state index contributed by atoms with van der Waals surface area (Å²) in [7, 11) is 0. The molecule has 5 rings (SSSR count). The van der Waals surface area contributed by atoms with E-state index in [4.69, 9.17) is 9.72 Å². The molecule has 1 aliphatic heterocycles. The van der Waals surface area contributed by atoms with Gasteiger partial charge in [-0.2, -0.15) is 0 Å². The summed E-state index contributed by atoms with van der Waals surface area (Å²) in [6, 6.07) is 24.8. The second kappa shape index (κ2) is 10.3. The van der Waals surface area contributed by atoms with Crippen LogP contribution in [0, 0.1) is 13.8 Å². The van der Waals surface area contributed by atoms with Crippen LogP contribution < -0.4 is 4.74 Å². The Morgan fingerprint density at radius 1 is 0.971 bits per heavy atom. The van der Waals surface area contributed by atoms with E-state index in [2.05, 4.69) is 66.9 Å². The highest BCUT2D eigenvalue weighted by Crippen LogP contribution is 2.31. The Bertz CT molecular complexity index is 1310. The molecule has 4 aromatic rings. The summed E-state index contributed by atoms with van der Waals surface area (Å²) in [6.45, 7) is 7.11. The van der Waals surface area contributed by atoms with Crippen molar-refractivity contribution in [3.8, 4) is 5.75 Å². The number of para-hydroxylation sites is 2. The summed E-state index contributed by atoms with van der Waals surface area (Å²) in [5, 5.41) is 0. The van der Waals surface area contributed by atoms with Crippen LogP contribution in [0.15, 0.2) is 72.8 Å². The van der Waals surface area contributed by atoms with Gasteiger partial charge < -0.3 is 14.2 Å². The lowest BCUT2D eigenvalue weighted by molar-refractivity contribution is -0.128. The van der Waals surface area contributed by atoms with Crippen LogP contribution in [0.1, 0.15) is 47.7 Å². The number of fused-ring (bicyclic) bond motifs is 1. The van der Waals surface area contributed by atoms with Crippen molar-refractivity contribution in [1.82, 2.24) is 14.5 Å². The molecule has 1 saturated heterocycles. The molecule has 0 N–H and O–H groups in total. The van der Waals surface area contributed by atoms with E-state index in [0.29, 0.717) is 26.1 Å². The molecule has 0 bridgehead atoms. The van der Waals surface area contributed by atoms with E-state index in [1.165, 1.54) is 16.7 Å². The third-order valence-corrected chi connectivity index (χ3v) is 6.86. The monoisotopic (exact) mass is 467 g/mol. The van der Waals surface area contributed by atoms with Gasteiger partial charge in [-0.15, -0.1) is 0 Å². The fourth-order valence-electron chi connectivity index (χ4n) is 4.96. The van der Waals surface area contributed by atoms with Crippen molar-refractivity contribution in [1.29, 1.82) is 0 Å². The van der Waals surface area contributed by atoms with Crippen LogP contribution in [0.4, 0.5) is 0 Å². The van der Waals surface area contributed by atoms with E-state index in [1.54, 1.807) is 0 Å². The first-order valence-electron chi connectivity index (χ1n) is 12.6. The zero-order chi connectivity index (χ0) is 24.2. The number of carbonyl (C=O) groups is 1. The maximum atomic E-state index is 12.8. The molecular weight excluding hydrogens is 434 g/mol. The summed E-state index contributed by atoms with van der Waals surface area (Å²) < 4.78 is 8.39. The van der Waals surface area contributed by atoms with Crippen molar-refractivity contribution in [3.05, 3.63) is 95.3 Å². The van der Waals surface area contributed by atoms with Gasteiger partial charge >= 0.3 is 0 Å². The standard InChI is InChI=1S/C30H33N3O2/c1-22-14-15-23(2)28(18-22)35-17-9-8-16-33-27-13-7-6-12-26(27)31-30(33)25-19-29(34)32(21-25)20-24-10-4-3-5-11-24/h3-7,10-15,18,25H,8-9,16-17,19-21H2,1-2H3. The van der Waals surface area contributed by atoms with Crippen molar-refractivity contribution in [3.63, 3.8) is 0 Å². The van der Waals surface area contributed by atoms with Crippen LogP contribution in [0.25, 0.3) is 11.0 Å². The second-order valence-corrected chi connectivity index (χ2v) is 9.60. The van der Waals surface area contributed by atoms with Crippen molar-refractivity contribution >= 4 is 16.9 Å². The number of rotatable bonds is 9.